The fraction of sp³-hybridized carbons (Fsp3) is 0.211. The van der Waals surface area contributed by atoms with E-state index in [1.165, 1.54) is 18.7 Å². The molecule has 0 bridgehead atoms. The molecule has 24 heavy (non-hydrogen) atoms. The van der Waals surface area contributed by atoms with Gasteiger partial charge in [-0.25, -0.2) is 0 Å². The van der Waals surface area contributed by atoms with Crippen LogP contribution in [0.2, 0.25) is 0 Å². The molecular formula is C19H18O4S. The van der Waals surface area contributed by atoms with Gasteiger partial charge in [0.15, 0.2) is 0 Å². The molecule has 0 saturated carbocycles. The standard InChI is InChI=1S/C19H18O4S/c1-4-5-12-22-15-6-9-17(10-7-15)24-19-13-16(21-3)8-11-18(19)23-14(2)20/h6-11,13H,12H2,1-3H3. The van der Waals surface area contributed by atoms with Crippen molar-refractivity contribution in [2.45, 2.75) is 23.6 Å². The molecule has 0 heterocycles. The lowest BCUT2D eigenvalue weighted by Crippen LogP contribution is -2.02. The molecule has 0 amide bonds. The number of ether oxygens (including phenoxy) is 3. The maximum atomic E-state index is 11.3. The number of hydrogen-bond acceptors (Lipinski definition) is 5. The van der Waals surface area contributed by atoms with Crippen LogP contribution in [0.25, 0.3) is 0 Å². The molecule has 0 aliphatic carbocycles. The van der Waals surface area contributed by atoms with Gasteiger partial charge in [-0.05, 0) is 49.4 Å². The van der Waals surface area contributed by atoms with E-state index >= 15 is 0 Å². The van der Waals surface area contributed by atoms with Crippen LogP contribution in [-0.2, 0) is 4.79 Å². The molecule has 0 aliphatic heterocycles. The van der Waals surface area contributed by atoms with E-state index in [1.807, 2.05) is 30.3 Å². The summed E-state index contributed by atoms with van der Waals surface area (Å²) in [5, 5.41) is 0. The van der Waals surface area contributed by atoms with Crippen LogP contribution in [0.4, 0.5) is 0 Å². The highest BCUT2D eigenvalue weighted by molar-refractivity contribution is 7.99. The Hall–Kier alpha value is -2.58. The summed E-state index contributed by atoms with van der Waals surface area (Å²) in [7, 11) is 1.60. The van der Waals surface area contributed by atoms with Gasteiger partial charge in [-0.1, -0.05) is 17.7 Å². The lowest BCUT2D eigenvalue weighted by atomic mass is 10.3. The topological polar surface area (TPSA) is 44.8 Å². The van der Waals surface area contributed by atoms with Crippen LogP contribution in [0, 0.1) is 11.8 Å². The Morgan fingerprint density at radius 2 is 1.83 bits per heavy atom. The molecule has 5 heteroatoms. The van der Waals surface area contributed by atoms with Gasteiger partial charge in [0.1, 0.15) is 23.9 Å². The first kappa shape index (κ1) is 17.8. The number of carbonyl (C=O) groups excluding carboxylic acids is 1. The molecule has 4 nitrogen and oxygen atoms in total. The average Bonchev–Trinajstić information content (AvgIpc) is 2.58. The molecule has 0 N–H and O–H groups in total. The smallest absolute Gasteiger partial charge is 0.308 e. The quantitative estimate of drug-likeness (QED) is 0.448. The lowest BCUT2D eigenvalue weighted by Gasteiger charge is -2.11. The van der Waals surface area contributed by atoms with E-state index in [1.54, 1.807) is 26.2 Å². The number of carbonyl (C=O) groups is 1. The summed E-state index contributed by atoms with van der Waals surface area (Å²) in [6.45, 7) is 3.53. The van der Waals surface area contributed by atoms with Gasteiger partial charge < -0.3 is 14.2 Å². The zero-order valence-electron chi connectivity index (χ0n) is 13.8. The number of rotatable bonds is 6. The molecule has 2 aromatic carbocycles. The van der Waals surface area contributed by atoms with E-state index in [0.717, 1.165) is 15.5 Å². The average molecular weight is 342 g/mol. The minimum atomic E-state index is -0.359. The highest BCUT2D eigenvalue weighted by Crippen LogP contribution is 2.38. The maximum Gasteiger partial charge on any atom is 0.308 e. The Morgan fingerprint density at radius 1 is 1.12 bits per heavy atom. The molecule has 0 radical (unpaired) electrons. The number of esters is 1. The van der Waals surface area contributed by atoms with Crippen molar-refractivity contribution in [1.82, 2.24) is 0 Å². The van der Waals surface area contributed by atoms with Gasteiger partial charge in [0.2, 0.25) is 0 Å². The third-order valence-electron chi connectivity index (χ3n) is 2.94. The SMILES string of the molecule is CC#CCOc1ccc(Sc2cc(OC)ccc2OC(C)=O)cc1. The Balaban J connectivity index is 2.16. The Labute approximate surface area is 146 Å². The van der Waals surface area contributed by atoms with Gasteiger partial charge in [0.25, 0.3) is 0 Å². The molecule has 0 saturated heterocycles. The maximum absolute atomic E-state index is 11.3. The second kappa shape index (κ2) is 8.90. The number of benzene rings is 2. The van der Waals surface area contributed by atoms with Crippen LogP contribution in [0.1, 0.15) is 13.8 Å². The largest absolute Gasteiger partial charge is 0.497 e. The van der Waals surface area contributed by atoms with E-state index in [4.69, 9.17) is 14.2 Å². The fourth-order valence-corrected chi connectivity index (χ4v) is 2.77. The molecule has 2 rings (SSSR count). The van der Waals surface area contributed by atoms with Crippen molar-refractivity contribution in [3.63, 3.8) is 0 Å². The van der Waals surface area contributed by atoms with Crippen LogP contribution < -0.4 is 14.2 Å². The summed E-state index contributed by atoms with van der Waals surface area (Å²) in [6, 6.07) is 13.0. The molecule has 2 aromatic rings. The Morgan fingerprint density at radius 3 is 2.46 bits per heavy atom. The monoisotopic (exact) mass is 342 g/mol. The van der Waals surface area contributed by atoms with E-state index in [0.29, 0.717) is 18.1 Å². The Bertz CT molecular complexity index is 757. The van der Waals surface area contributed by atoms with Crippen molar-refractivity contribution < 1.29 is 19.0 Å². The van der Waals surface area contributed by atoms with Gasteiger partial charge in [0, 0.05) is 11.8 Å². The molecule has 0 spiro atoms. The van der Waals surface area contributed by atoms with Gasteiger partial charge >= 0.3 is 5.97 Å². The first-order valence-electron chi connectivity index (χ1n) is 7.29. The first-order chi connectivity index (χ1) is 11.6. The van der Waals surface area contributed by atoms with E-state index in [9.17, 15) is 4.79 Å². The number of methoxy groups -OCH3 is 1. The minimum Gasteiger partial charge on any atom is -0.497 e. The molecular weight excluding hydrogens is 324 g/mol. The Kier molecular flexibility index (Phi) is 6.59. The summed E-state index contributed by atoms with van der Waals surface area (Å²) in [6.07, 6.45) is 0. The van der Waals surface area contributed by atoms with Crippen LogP contribution in [0.5, 0.6) is 17.2 Å². The highest BCUT2D eigenvalue weighted by Gasteiger charge is 2.10. The third kappa shape index (κ3) is 5.25. The van der Waals surface area contributed by atoms with Crippen molar-refractivity contribution in [1.29, 1.82) is 0 Å². The zero-order chi connectivity index (χ0) is 17.4. The van der Waals surface area contributed by atoms with Gasteiger partial charge in [-0.15, -0.1) is 5.92 Å². The predicted molar refractivity (Wildman–Crippen MR) is 93.8 cm³/mol. The minimum absolute atomic E-state index is 0.359. The normalized spacial score (nSPS) is 9.62. The van der Waals surface area contributed by atoms with Crippen molar-refractivity contribution in [3.05, 3.63) is 42.5 Å². The molecule has 0 aromatic heterocycles. The lowest BCUT2D eigenvalue weighted by molar-refractivity contribution is -0.132. The second-order valence-corrected chi connectivity index (χ2v) is 5.81. The van der Waals surface area contributed by atoms with Gasteiger partial charge in [-0.2, -0.15) is 0 Å². The van der Waals surface area contributed by atoms with E-state index < -0.39 is 0 Å². The van der Waals surface area contributed by atoms with E-state index in [2.05, 4.69) is 11.8 Å². The summed E-state index contributed by atoms with van der Waals surface area (Å²) in [5.41, 5.74) is 0. The van der Waals surface area contributed by atoms with Gasteiger partial charge in [0.05, 0.1) is 12.0 Å². The molecule has 124 valence electrons. The van der Waals surface area contributed by atoms with Crippen molar-refractivity contribution in [3.8, 4) is 29.1 Å². The molecule has 0 unspecified atom stereocenters. The second-order valence-electron chi connectivity index (χ2n) is 4.70. The van der Waals surface area contributed by atoms with Crippen LogP contribution >= 0.6 is 11.8 Å². The van der Waals surface area contributed by atoms with Crippen LogP contribution in [0.3, 0.4) is 0 Å². The van der Waals surface area contributed by atoms with Crippen molar-refractivity contribution in [2.75, 3.05) is 13.7 Å². The van der Waals surface area contributed by atoms with E-state index in [-0.39, 0.29) is 5.97 Å². The summed E-state index contributed by atoms with van der Waals surface area (Å²) >= 11 is 1.48. The predicted octanol–water partition coefficient (Wildman–Crippen LogP) is 4.17. The van der Waals surface area contributed by atoms with Crippen LogP contribution in [-0.4, -0.2) is 19.7 Å². The number of hydrogen-bond donors (Lipinski definition) is 0. The van der Waals surface area contributed by atoms with Crippen molar-refractivity contribution in [2.24, 2.45) is 0 Å². The fourth-order valence-electron chi connectivity index (χ4n) is 1.86. The zero-order valence-corrected chi connectivity index (χ0v) is 14.6. The summed E-state index contributed by atoms with van der Waals surface area (Å²) < 4.78 is 16.0. The van der Waals surface area contributed by atoms with Crippen LogP contribution in [0.15, 0.2) is 52.3 Å². The molecule has 0 aliphatic rings. The first-order valence-corrected chi connectivity index (χ1v) is 8.11. The summed E-state index contributed by atoms with van der Waals surface area (Å²) in [5.74, 6) is 7.24. The molecule has 0 fully saturated rings. The third-order valence-corrected chi connectivity index (χ3v) is 3.99. The highest BCUT2D eigenvalue weighted by atomic mass is 32.2. The summed E-state index contributed by atoms with van der Waals surface area (Å²) in [4.78, 5) is 13.0. The molecule has 0 atom stereocenters. The van der Waals surface area contributed by atoms with Gasteiger partial charge in [-0.3, -0.25) is 4.79 Å². The van der Waals surface area contributed by atoms with Crippen molar-refractivity contribution >= 4 is 17.7 Å².